The number of H-pyrrole nitrogens is 1. The van der Waals surface area contributed by atoms with Crippen LogP contribution in [-0.4, -0.2) is 41.5 Å². The van der Waals surface area contributed by atoms with Gasteiger partial charge in [0.05, 0.1) is 26.8 Å². The average molecular weight is 539 g/mol. The predicted molar refractivity (Wildman–Crippen MR) is 154 cm³/mol. The zero-order valence-corrected chi connectivity index (χ0v) is 23.0. The number of aromatic amines is 1. The molecule has 2 N–H and O–H groups in total. The van der Waals surface area contributed by atoms with E-state index in [0.29, 0.717) is 30.5 Å². The minimum absolute atomic E-state index is 0.151. The van der Waals surface area contributed by atoms with Crippen LogP contribution in [0.4, 0.5) is 0 Å². The van der Waals surface area contributed by atoms with Gasteiger partial charge in [0.1, 0.15) is 6.26 Å². The highest BCUT2D eigenvalue weighted by molar-refractivity contribution is 5.92. The lowest BCUT2D eigenvalue weighted by molar-refractivity contribution is 0.0934. The number of hydrogen-bond donors (Lipinski definition) is 2. The lowest BCUT2D eigenvalue weighted by Gasteiger charge is -2.22. The van der Waals surface area contributed by atoms with Gasteiger partial charge in [0, 0.05) is 35.8 Å². The molecule has 1 amide bonds. The molecule has 5 rings (SSSR count). The van der Waals surface area contributed by atoms with Crippen LogP contribution in [0.3, 0.4) is 0 Å². The fourth-order valence-electron chi connectivity index (χ4n) is 4.92. The number of fused-ring (bicyclic) bond motifs is 1. The summed E-state index contributed by atoms with van der Waals surface area (Å²) in [5, 5.41) is 4.21. The van der Waals surface area contributed by atoms with E-state index in [1.165, 1.54) is 17.2 Å². The number of aromatic nitrogens is 2. The topological polar surface area (TPSA) is 92.6 Å². The molecular formula is C32H34N4O4. The third-order valence-electron chi connectivity index (χ3n) is 7.04. The van der Waals surface area contributed by atoms with E-state index in [1.807, 2.05) is 61.5 Å². The third-order valence-corrected chi connectivity index (χ3v) is 7.04. The molecule has 2 aromatic heterocycles. The van der Waals surface area contributed by atoms with Crippen LogP contribution in [0, 0.1) is 0 Å². The summed E-state index contributed by atoms with van der Waals surface area (Å²) in [5.41, 5.74) is 4.62. The Bertz CT molecular complexity index is 1560. The molecule has 8 nitrogen and oxygen atoms in total. The Labute approximate surface area is 233 Å². The number of carbonyl (C=O) groups is 1. The van der Waals surface area contributed by atoms with Crippen LogP contribution in [0.1, 0.15) is 46.0 Å². The molecule has 0 aliphatic carbocycles. The normalized spacial score (nSPS) is 12.0. The lowest BCUT2D eigenvalue weighted by atomic mass is 10.1. The van der Waals surface area contributed by atoms with E-state index in [2.05, 4.69) is 44.6 Å². The van der Waals surface area contributed by atoms with Crippen LogP contribution < -0.4 is 14.8 Å². The smallest absolute Gasteiger partial charge is 0.273 e. The number of para-hydroxylation sites is 2. The van der Waals surface area contributed by atoms with Gasteiger partial charge in [-0.15, -0.1) is 0 Å². The Kier molecular flexibility index (Phi) is 8.47. The van der Waals surface area contributed by atoms with Gasteiger partial charge in [-0.1, -0.05) is 60.7 Å². The summed E-state index contributed by atoms with van der Waals surface area (Å²) in [6.45, 7) is 3.68. The maximum atomic E-state index is 12.9. The first-order valence-electron chi connectivity index (χ1n) is 13.3. The van der Waals surface area contributed by atoms with Gasteiger partial charge < -0.3 is 24.2 Å². The predicted octanol–water partition coefficient (Wildman–Crippen LogP) is 5.91. The van der Waals surface area contributed by atoms with E-state index in [1.54, 1.807) is 14.2 Å². The second-order valence-electron chi connectivity index (χ2n) is 9.71. The Hall–Kier alpha value is -4.56. The molecule has 0 saturated heterocycles. The van der Waals surface area contributed by atoms with Gasteiger partial charge in [-0.05, 0) is 36.6 Å². The van der Waals surface area contributed by atoms with Crippen molar-refractivity contribution in [2.24, 2.45) is 0 Å². The van der Waals surface area contributed by atoms with Crippen molar-refractivity contribution in [3.8, 4) is 11.5 Å². The molecule has 0 spiro atoms. The summed E-state index contributed by atoms with van der Waals surface area (Å²) in [6.07, 6.45) is 4.31. The van der Waals surface area contributed by atoms with Crippen LogP contribution in [0.2, 0.25) is 0 Å². The second kappa shape index (κ2) is 12.5. The molecule has 0 aliphatic rings. The average Bonchev–Trinajstić information content (AvgIpc) is 3.63. The Morgan fingerprint density at radius 3 is 2.58 bits per heavy atom. The number of nitrogens with zero attached hydrogens (tertiary/aromatic N) is 2. The first-order chi connectivity index (χ1) is 19.6. The molecule has 0 aliphatic heterocycles. The highest BCUT2D eigenvalue weighted by Gasteiger charge is 2.19. The molecular weight excluding hydrogens is 504 g/mol. The van der Waals surface area contributed by atoms with E-state index in [0.717, 1.165) is 29.6 Å². The molecule has 1 atom stereocenters. The standard InChI is InChI=1S/C32H34N4O4/c1-22(23-10-5-4-6-11-23)34-32(37)28-21-40-30(35-28)20-36(19-25-12-9-15-29(38-2)31(25)39-3)17-16-24-18-33-27-14-8-7-13-26(24)27/h4-15,18,21-22,33H,16-17,19-20H2,1-3H3,(H,34,37)/t22-/m0/s1. The fourth-order valence-corrected chi connectivity index (χ4v) is 4.92. The van der Waals surface area contributed by atoms with E-state index >= 15 is 0 Å². The zero-order chi connectivity index (χ0) is 27.9. The van der Waals surface area contributed by atoms with Gasteiger partial charge in [-0.2, -0.15) is 0 Å². The van der Waals surface area contributed by atoms with Crippen LogP contribution in [-0.2, 0) is 19.5 Å². The molecule has 8 heteroatoms. The summed E-state index contributed by atoms with van der Waals surface area (Å²) >= 11 is 0. The minimum Gasteiger partial charge on any atom is -0.493 e. The quantitative estimate of drug-likeness (QED) is 0.205. The molecule has 0 bridgehead atoms. The van der Waals surface area contributed by atoms with Gasteiger partial charge in [0.15, 0.2) is 17.2 Å². The van der Waals surface area contributed by atoms with Gasteiger partial charge in [0.2, 0.25) is 5.89 Å². The maximum absolute atomic E-state index is 12.9. The Morgan fingerprint density at radius 2 is 1.77 bits per heavy atom. The van der Waals surface area contributed by atoms with E-state index < -0.39 is 0 Å². The Balaban J connectivity index is 1.33. The maximum Gasteiger partial charge on any atom is 0.273 e. The first kappa shape index (κ1) is 27.0. The largest absolute Gasteiger partial charge is 0.493 e. The Morgan fingerprint density at radius 1 is 0.975 bits per heavy atom. The second-order valence-corrected chi connectivity index (χ2v) is 9.71. The van der Waals surface area contributed by atoms with Crippen molar-refractivity contribution >= 4 is 16.8 Å². The molecule has 0 radical (unpaired) electrons. The summed E-state index contributed by atoms with van der Waals surface area (Å²) in [7, 11) is 3.28. The van der Waals surface area contributed by atoms with Crippen molar-refractivity contribution in [1.82, 2.24) is 20.2 Å². The summed E-state index contributed by atoms with van der Waals surface area (Å²) < 4.78 is 17.0. The monoisotopic (exact) mass is 538 g/mol. The number of benzene rings is 3. The van der Waals surface area contributed by atoms with Crippen molar-refractivity contribution in [1.29, 1.82) is 0 Å². The van der Waals surface area contributed by atoms with Gasteiger partial charge >= 0.3 is 0 Å². The summed E-state index contributed by atoms with van der Waals surface area (Å²) in [4.78, 5) is 23.0. The third kappa shape index (κ3) is 6.18. The van der Waals surface area contributed by atoms with Gasteiger partial charge in [-0.25, -0.2) is 4.98 Å². The fraction of sp³-hybridized carbons (Fsp3) is 0.250. The zero-order valence-electron chi connectivity index (χ0n) is 23.0. The minimum atomic E-state index is -0.272. The molecule has 40 heavy (non-hydrogen) atoms. The number of nitrogens with one attached hydrogen (secondary N) is 2. The number of methoxy groups -OCH3 is 2. The van der Waals surface area contributed by atoms with Crippen molar-refractivity contribution in [2.75, 3.05) is 20.8 Å². The molecule has 0 fully saturated rings. The van der Waals surface area contributed by atoms with Crippen molar-refractivity contribution in [2.45, 2.75) is 32.5 Å². The van der Waals surface area contributed by atoms with Crippen molar-refractivity contribution in [3.63, 3.8) is 0 Å². The van der Waals surface area contributed by atoms with E-state index in [9.17, 15) is 4.79 Å². The number of ether oxygens (including phenoxy) is 2. The lowest BCUT2D eigenvalue weighted by Crippen LogP contribution is -2.27. The van der Waals surface area contributed by atoms with Crippen LogP contribution >= 0.6 is 0 Å². The summed E-state index contributed by atoms with van der Waals surface area (Å²) in [5.74, 6) is 1.58. The molecule has 5 aromatic rings. The number of oxazole rings is 1. The first-order valence-corrected chi connectivity index (χ1v) is 13.3. The number of rotatable bonds is 12. The van der Waals surface area contributed by atoms with Crippen LogP contribution in [0.25, 0.3) is 10.9 Å². The summed E-state index contributed by atoms with van der Waals surface area (Å²) in [6, 6.07) is 23.8. The highest BCUT2D eigenvalue weighted by Crippen LogP contribution is 2.32. The number of amides is 1. The molecule has 2 heterocycles. The highest BCUT2D eigenvalue weighted by atomic mass is 16.5. The number of carbonyl (C=O) groups excluding carboxylic acids is 1. The molecule has 0 unspecified atom stereocenters. The van der Waals surface area contributed by atoms with E-state index in [4.69, 9.17) is 13.9 Å². The van der Waals surface area contributed by atoms with Gasteiger partial charge in [-0.3, -0.25) is 9.69 Å². The van der Waals surface area contributed by atoms with Crippen LogP contribution in [0.15, 0.2) is 89.7 Å². The molecule has 0 saturated carbocycles. The molecule has 206 valence electrons. The SMILES string of the molecule is COc1cccc(CN(CCc2c[nH]c3ccccc23)Cc2nc(C(=O)N[C@@H](C)c3ccccc3)co2)c1OC. The van der Waals surface area contributed by atoms with Crippen molar-refractivity contribution < 1.29 is 18.7 Å². The molecule has 3 aromatic carbocycles. The van der Waals surface area contributed by atoms with E-state index in [-0.39, 0.29) is 17.6 Å². The van der Waals surface area contributed by atoms with Crippen LogP contribution in [0.5, 0.6) is 11.5 Å². The van der Waals surface area contributed by atoms with Gasteiger partial charge in [0.25, 0.3) is 5.91 Å². The number of hydrogen-bond acceptors (Lipinski definition) is 6. The van der Waals surface area contributed by atoms with Crippen molar-refractivity contribution in [3.05, 3.63) is 114 Å².